The first-order chi connectivity index (χ1) is 21.1. The molecule has 0 saturated carbocycles. The number of benzene rings is 2. The monoisotopic (exact) mass is 630 g/mol. The summed E-state index contributed by atoms with van der Waals surface area (Å²) in [5, 5.41) is 14.5. The highest BCUT2D eigenvalue weighted by Crippen LogP contribution is 2.32. The number of nitrogens with zero attached hydrogens (tertiary/aromatic N) is 2. The lowest BCUT2D eigenvalue weighted by atomic mass is 9.92. The maximum Gasteiger partial charge on any atom is 0.408 e. The van der Waals surface area contributed by atoms with Gasteiger partial charge >= 0.3 is 12.1 Å². The molecule has 0 aliphatic rings. The van der Waals surface area contributed by atoms with Gasteiger partial charge in [-0.3, -0.25) is 14.6 Å². The van der Waals surface area contributed by atoms with Gasteiger partial charge in [-0.15, -0.1) is 0 Å². The molecule has 0 unspecified atom stereocenters. The van der Waals surface area contributed by atoms with Crippen LogP contribution >= 0.6 is 0 Å². The summed E-state index contributed by atoms with van der Waals surface area (Å²) in [7, 11) is 1.66. The molecular formula is C32H31F5N4O4. The van der Waals surface area contributed by atoms with Crippen LogP contribution in [-0.4, -0.2) is 44.8 Å². The molecule has 2 aromatic carbocycles. The molecule has 0 aliphatic carbocycles. The Hall–Kier alpha value is -4.81. The smallest absolute Gasteiger partial charge is 0.408 e. The molecule has 45 heavy (non-hydrogen) atoms. The standard InChI is InChI=1S/C32H31F5N4O4/c1-6-25(32(35,36)37)39-19-13-22(33)27(23(34)14-19)29(42)40-24(31(44)45)12-18-9-10-21(28-20(18)8-7-11-38-28)26-16(3)15(2)17(4)41(5)30(26)43/h7-11,13-14,24-25,39H,6,12H2,1-5H3,(H,40,42)(H,44,45)/t24-,25+/m0/s1. The summed E-state index contributed by atoms with van der Waals surface area (Å²) in [4.78, 5) is 42.8. The van der Waals surface area contributed by atoms with Gasteiger partial charge in [0.25, 0.3) is 11.5 Å². The predicted octanol–water partition coefficient (Wildman–Crippen LogP) is 5.98. The van der Waals surface area contributed by atoms with E-state index >= 15 is 0 Å². The summed E-state index contributed by atoms with van der Waals surface area (Å²) in [6.07, 6.45) is -3.90. The second-order valence-electron chi connectivity index (χ2n) is 10.8. The molecule has 8 nitrogen and oxygen atoms in total. The number of rotatable bonds is 9. The lowest BCUT2D eigenvalue weighted by Gasteiger charge is -2.22. The topological polar surface area (TPSA) is 113 Å². The number of pyridine rings is 2. The van der Waals surface area contributed by atoms with Gasteiger partial charge in [-0.2, -0.15) is 13.2 Å². The van der Waals surface area contributed by atoms with Crippen LogP contribution in [0.1, 0.15) is 46.1 Å². The van der Waals surface area contributed by atoms with Crippen molar-refractivity contribution in [1.82, 2.24) is 14.9 Å². The molecular weight excluding hydrogens is 599 g/mol. The number of halogens is 5. The molecule has 0 radical (unpaired) electrons. The number of alkyl halides is 3. The van der Waals surface area contributed by atoms with E-state index in [4.69, 9.17) is 0 Å². The fraction of sp³-hybridized carbons (Fsp3) is 0.312. The van der Waals surface area contributed by atoms with Crippen molar-refractivity contribution in [2.75, 3.05) is 5.32 Å². The van der Waals surface area contributed by atoms with Crippen LogP contribution in [-0.2, 0) is 18.3 Å². The van der Waals surface area contributed by atoms with Gasteiger partial charge < -0.3 is 20.3 Å². The first-order valence-electron chi connectivity index (χ1n) is 14.0. The zero-order valence-electron chi connectivity index (χ0n) is 25.1. The summed E-state index contributed by atoms with van der Waals surface area (Å²) in [6, 6.07) is 3.88. The van der Waals surface area contributed by atoms with Gasteiger partial charge in [0, 0.05) is 42.0 Å². The van der Waals surface area contributed by atoms with Crippen LogP contribution in [0.2, 0.25) is 0 Å². The molecule has 4 aromatic rings. The molecule has 0 spiro atoms. The molecule has 0 fully saturated rings. The fourth-order valence-electron chi connectivity index (χ4n) is 5.26. The van der Waals surface area contributed by atoms with E-state index in [1.165, 1.54) is 17.7 Å². The molecule has 2 heterocycles. The number of carboxylic acid groups (broad SMARTS) is 1. The van der Waals surface area contributed by atoms with Gasteiger partial charge in [0.05, 0.1) is 11.1 Å². The Morgan fingerprint density at radius 1 is 1.04 bits per heavy atom. The molecule has 1 amide bonds. The first-order valence-corrected chi connectivity index (χ1v) is 14.0. The molecule has 0 aliphatic heterocycles. The number of carbonyl (C=O) groups excluding carboxylic acids is 1. The van der Waals surface area contributed by atoms with Crippen molar-refractivity contribution in [3.63, 3.8) is 0 Å². The number of amides is 1. The fourth-order valence-corrected chi connectivity index (χ4v) is 5.26. The van der Waals surface area contributed by atoms with Crippen molar-refractivity contribution < 1.29 is 36.6 Å². The predicted molar refractivity (Wildman–Crippen MR) is 159 cm³/mol. The van der Waals surface area contributed by atoms with E-state index in [9.17, 15) is 41.4 Å². The van der Waals surface area contributed by atoms with Gasteiger partial charge in [-0.1, -0.05) is 25.1 Å². The van der Waals surface area contributed by atoms with Crippen molar-refractivity contribution in [3.05, 3.63) is 92.5 Å². The van der Waals surface area contributed by atoms with E-state index in [-0.39, 0.29) is 12.0 Å². The van der Waals surface area contributed by atoms with Crippen molar-refractivity contribution in [2.45, 2.75) is 58.8 Å². The summed E-state index contributed by atoms with van der Waals surface area (Å²) >= 11 is 0. The number of carbonyl (C=O) groups is 2. The normalized spacial score (nSPS) is 13.0. The number of hydrogen-bond donors (Lipinski definition) is 3. The first kappa shape index (κ1) is 33.1. The van der Waals surface area contributed by atoms with E-state index in [0.717, 1.165) is 16.8 Å². The van der Waals surface area contributed by atoms with E-state index in [1.807, 2.05) is 26.1 Å². The number of aromatic nitrogens is 2. The van der Waals surface area contributed by atoms with Crippen molar-refractivity contribution in [2.24, 2.45) is 7.05 Å². The Balaban J connectivity index is 1.67. The zero-order chi connectivity index (χ0) is 33.4. The zero-order valence-corrected chi connectivity index (χ0v) is 25.1. The summed E-state index contributed by atoms with van der Waals surface area (Å²) in [6.45, 7) is 6.81. The average molecular weight is 631 g/mol. The SMILES string of the molecule is CC[C@@H](Nc1cc(F)c(C(=O)N[C@@H](Cc2ccc(-c3c(C)c(C)c(C)n(C)c3=O)c3ncccc23)C(=O)O)c(F)c1)C(F)(F)F. The summed E-state index contributed by atoms with van der Waals surface area (Å²) in [5.41, 5.74) is 2.37. The van der Waals surface area contributed by atoms with Crippen LogP contribution in [0.4, 0.5) is 27.6 Å². The Kier molecular flexibility index (Phi) is 9.31. The molecule has 0 bridgehead atoms. The third kappa shape index (κ3) is 6.52. The molecule has 3 N–H and O–H groups in total. The van der Waals surface area contributed by atoms with E-state index in [1.54, 1.807) is 31.3 Å². The Labute approximate surface area is 254 Å². The molecule has 2 aromatic heterocycles. The van der Waals surface area contributed by atoms with Crippen molar-refractivity contribution in [1.29, 1.82) is 0 Å². The molecule has 2 atom stereocenters. The van der Waals surface area contributed by atoms with Gasteiger partial charge in [-0.05, 0) is 62.1 Å². The minimum absolute atomic E-state index is 0.236. The molecule has 13 heteroatoms. The van der Waals surface area contributed by atoms with E-state index in [2.05, 4.69) is 10.3 Å². The Bertz CT molecular complexity index is 1850. The van der Waals surface area contributed by atoms with Crippen molar-refractivity contribution >= 4 is 28.5 Å². The number of carboxylic acids is 1. The summed E-state index contributed by atoms with van der Waals surface area (Å²) in [5.74, 6) is -5.85. The maximum absolute atomic E-state index is 14.8. The van der Waals surface area contributed by atoms with Gasteiger partial charge in [0.1, 0.15) is 29.3 Å². The summed E-state index contributed by atoms with van der Waals surface area (Å²) < 4.78 is 70.6. The lowest BCUT2D eigenvalue weighted by molar-refractivity contribution is -0.143. The number of aliphatic carboxylic acids is 1. The second kappa shape index (κ2) is 12.7. The van der Waals surface area contributed by atoms with Gasteiger partial charge in [0.2, 0.25) is 0 Å². The second-order valence-corrected chi connectivity index (χ2v) is 10.8. The number of hydrogen-bond acceptors (Lipinski definition) is 5. The third-order valence-electron chi connectivity index (χ3n) is 8.07. The van der Waals surface area contributed by atoms with Crippen molar-refractivity contribution in [3.8, 4) is 11.1 Å². The highest BCUT2D eigenvalue weighted by atomic mass is 19.4. The lowest BCUT2D eigenvalue weighted by Crippen LogP contribution is -2.43. The van der Waals surface area contributed by atoms with Crippen LogP contribution in [0.3, 0.4) is 0 Å². The van der Waals surface area contributed by atoms with E-state index < -0.39 is 59.4 Å². The molecule has 4 rings (SSSR count). The quantitative estimate of drug-likeness (QED) is 0.196. The van der Waals surface area contributed by atoms with Gasteiger partial charge in [-0.25, -0.2) is 13.6 Å². The van der Waals surface area contributed by atoms with Crippen LogP contribution < -0.4 is 16.2 Å². The number of anilines is 1. The van der Waals surface area contributed by atoms with Crippen LogP contribution in [0.25, 0.3) is 22.0 Å². The Morgan fingerprint density at radius 2 is 1.69 bits per heavy atom. The Morgan fingerprint density at radius 3 is 2.27 bits per heavy atom. The molecule has 0 saturated heterocycles. The van der Waals surface area contributed by atoms with E-state index in [0.29, 0.717) is 39.7 Å². The minimum Gasteiger partial charge on any atom is -0.480 e. The molecule has 238 valence electrons. The van der Waals surface area contributed by atoms with Crippen LogP contribution in [0.15, 0.2) is 47.4 Å². The van der Waals surface area contributed by atoms with Gasteiger partial charge in [0.15, 0.2) is 0 Å². The van der Waals surface area contributed by atoms with Crippen LogP contribution in [0, 0.1) is 32.4 Å². The maximum atomic E-state index is 14.8. The highest BCUT2D eigenvalue weighted by molar-refractivity contribution is 5.99. The largest absolute Gasteiger partial charge is 0.480 e. The van der Waals surface area contributed by atoms with Crippen LogP contribution in [0.5, 0.6) is 0 Å². The highest BCUT2D eigenvalue weighted by Gasteiger charge is 2.38. The minimum atomic E-state index is -4.68. The number of nitrogens with one attached hydrogen (secondary N) is 2. The average Bonchev–Trinajstić information content (AvgIpc) is 2.97. The third-order valence-corrected chi connectivity index (χ3v) is 8.07. The number of fused-ring (bicyclic) bond motifs is 1.